The molecule has 0 saturated carbocycles. The Hall–Kier alpha value is -0.900. The molecule has 0 spiro atoms. The number of β-lactam (4-membered cyclic amide) rings is 1. The Morgan fingerprint density at radius 2 is 1.52 bits per heavy atom. The number of nitrogens with two attached hydrogens (primary N) is 1. The van der Waals surface area contributed by atoms with Crippen LogP contribution in [0.5, 0.6) is 0 Å². The molecule has 1 aliphatic heterocycles. The van der Waals surface area contributed by atoms with Crippen molar-refractivity contribution >= 4 is 11.7 Å². The molecule has 0 aromatic rings. The Kier molecular flexibility index (Phi) is 13.5. The van der Waals surface area contributed by atoms with Crippen molar-refractivity contribution in [3.63, 3.8) is 0 Å². The third-order valence-electron chi connectivity index (χ3n) is 6.00. The van der Waals surface area contributed by atoms with Gasteiger partial charge in [-0.05, 0) is 32.6 Å². The van der Waals surface area contributed by atoms with E-state index < -0.39 is 0 Å². The van der Waals surface area contributed by atoms with E-state index in [0.29, 0.717) is 11.9 Å². The van der Waals surface area contributed by atoms with Gasteiger partial charge in [0.05, 0.1) is 6.04 Å². The van der Waals surface area contributed by atoms with Crippen LogP contribution < -0.4 is 5.73 Å². The first-order valence-electron chi connectivity index (χ1n) is 11.6. The van der Waals surface area contributed by atoms with Crippen LogP contribution in [0.1, 0.15) is 117 Å². The summed E-state index contributed by atoms with van der Waals surface area (Å²) in [6, 6.07) is 0.141. The van der Waals surface area contributed by atoms with Crippen LogP contribution >= 0.6 is 0 Å². The number of carbonyl (C=O) groups excluding carboxylic acids is 2. The number of nitrogens with zero attached hydrogens (tertiary/aromatic N) is 1. The zero-order valence-electron chi connectivity index (χ0n) is 18.0. The van der Waals surface area contributed by atoms with Crippen molar-refractivity contribution in [3.8, 4) is 0 Å². The maximum absolute atomic E-state index is 11.8. The number of unbranched alkanes of at least 4 members (excludes halogenated alkanes) is 11. The maximum atomic E-state index is 11.8. The summed E-state index contributed by atoms with van der Waals surface area (Å²) in [5.74, 6) is 0.364. The molecule has 1 rings (SSSR count). The lowest BCUT2D eigenvalue weighted by Gasteiger charge is -2.41. The van der Waals surface area contributed by atoms with Gasteiger partial charge < -0.3 is 10.6 Å². The summed E-state index contributed by atoms with van der Waals surface area (Å²) in [6.07, 6.45) is 19.6. The van der Waals surface area contributed by atoms with E-state index in [1.165, 1.54) is 70.6 Å². The summed E-state index contributed by atoms with van der Waals surface area (Å²) >= 11 is 0. The van der Waals surface area contributed by atoms with Gasteiger partial charge >= 0.3 is 0 Å². The molecule has 2 unspecified atom stereocenters. The molecule has 4 heteroatoms. The number of hydrogen-bond donors (Lipinski definition) is 1. The number of amides is 1. The van der Waals surface area contributed by atoms with E-state index in [4.69, 9.17) is 5.73 Å². The molecular formula is C23H44N2O2. The minimum Gasteiger partial charge on any atom is -0.339 e. The number of carbonyl (C=O) groups is 2. The van der Waals surface area contributed by atoms with Gasteiger partial charge in [-0.25, -0.2) is 0 Å². The molecule has 0 aromatic heterocycles. The molecule has 158 valence electrons. The van der Waals surface area contributed by atoms with Crippen LogP contribution in [-0.2, 0) is 9.59 Å². The maximum Gasteiger partial charge on any atom is 0.224 e. The lowest BCUT2D eigenvalue weighted by molar-refractivity contribution is -0.146. The van der Waals surface area contributed by atoms with Crippen molar-refractivity contribution < 1.29 is 9.59 Å². The molecule has 1 amide bonds. The number of rotatable bonds is 18. The van der Waals surface area contributed by atoms with E-state index in [0.717, 1.165) is 38.6 Å². The second-order valence-corrected chi connectivity index (χ2v) is 8.48. The van der Waals surface area contributed by atoms with Gasteiger partial charge in [-0.15, -0.1) is 0 Å². The third kappa shape index (κ3) is 10.9. The lowest BCUT2D eigenvalue weighted by Crippen LogP contribution is -2.52. The molecule has 27 heavy (non-hydrogen) atoms. The zero-order valence-corrected chi connectivity index (χ0v) is 18.0. The van der Waals surface area contributed by atoms with Gasteiger partial charge in [0, 0.05) is 19.0 Å². The van der Waals surface area contributed by atoms with E-state index in [1.54, 1.807) is 6.92 Å². The van der Waals surface area contributed by atoms with Crippen LogP contribution in [0, 0.1) is 0 Å². The van der Waals surface area contributed by atoms with E-state index in [9.17, 15) is 9.59 Å². The van der Waals surface area contributed by atoms with Crippen LogP contribution in [0.4, 0.5) is 0 Å². The van der Waals surface area contributed by atoms with Crippen molar-refractivity contribution in [2.24, 2.45) is 5.73 Å². The average Bonchev–Trinajstić information content (AvgIpc) is 2.64. The molecule has 0 bridgehead atoms. The molecule has 2 N–H and O–H groups in total. The van der Waals surface area contributed by atoms with E-state index in [-0.39, 0.29) is 11.8 Å². The number of likely N-dealkylation sites (tertiary alicyclic amines) is 1. The SMILES string of the molecule is CCCCCCCCCCCCCC1CC(=O)N1CCCCC(N)C(C)=O. The molecule has 0 aliphatic carbocycles. The van der Waals surface area contributed by atoms with Gasteiger partial charge in [0.2, 0.25) is 5.91 Å². The highest BCUT2D eigenvalue weighted by atomic mass is 16.2. The molecule has 1 fully saturated rings. The van der Waals surface area contributed by atoms with Crippen molar-refractivity contribution in [1.29, 1.82) is 0 Å². The quantitative estimate of drug-likeness (QED) is 0.257. The zero-order chi connectivity index (χ0) is 19.9. The molecular weight excluding hydrogens is 336 g/mol. The normalized spacial score (nSPS) is 17.8. The van der Waals surface area contributed by atoms with E-state index in [2.05, 4.69) is 11.8 Å². The molecule has 0 radical (unpaired) electrons. The second-order valence-electron chi connectivity index (χ2n) is 8.48. The van der Waals surface area contributed by atoms with E-state index >= 15 is 0 Å². The minimum atomic E-state index is -0.329. The highest BCUT2D eigenvalue weighted by Gasteiger charge is 2.34. The van der Waals surface area contributed by atoms with Crippen molar-refractivity contribution in [1.82, 2.24) is 4.90 Å². The van der Waals surface area contributed by atoms with Gasteiger partial charge in [0.25, 0.3) is 0 Å². The van der Waals surface area contributed by atoms with Crippen LogP contribution in [-0.4, -0.2) is 35.2 Å². The first kappa shape index (κ1) is 24.1. The predicted molar refractivity (Wildman–Crippen MR) is 114 cm³/mol. The Morgan fingerprint density at radius 1 is 0.963 bits per heavy atom. The topological polar surface area (TPSA) is 63.4 Å². The standard InChI is InChI=1S/C23H44N2O2/c1-3-4-5-6-7-8-9-10-11-12-13-16-21-19-23(27)25(21)18-15-14-17-22(24)20(2)26/h21-22H,3-19,24H2,1-2H3. The van der Waals surface area contributed by atoms with E-state index in [1.807, 2.05) is 0 Å². The number of Topliss-reactive ketones (excluding diaryl/α,β-unsaturated/α-hetero) is 1. The summed E-state index contributed by atoms with van der Waals surface area (Å²) in [4.78, 5) is 25.0. The minimum absolute atomic E-state index is 0.0596. The van der Waals surface area contributed by atoms with Crippen molar-refractivity contribution in [3.05, 3.63) is 0 Å². The van der Waals surface area contributed by atoms with Crippen LogP contribution in [0.3, 0.4) is 0 Å². The molecule has 1 aliphatic rings. The largest absolute Gasteiger partial charge is 0.339 e. The predicted octanol–water partition coefficient (Wildman–Crippen LogP) is 5.38. The smallest absolute Gasteiger partial charge is 0.224 e. The van der Waals surface area contributed by atoms with Crippen LogP contribution in [0.25, 0.3) is 0 Å². The Bertz CT molecular complexity index is 411. The molecule has 0 aromatic carbocycles. The van der Waals surface area contributed by atoms with Crippen molar-refractivity contribution in [2.75, 3.05) is 6.54 Å². The molecule has 4 nitrogen and oxygen atoms in total. The highest BCUT2D eigenvalue weighted by Crippen LogP contribution is 2.25. The third-order valence-corrected chi connectivity index (χ3v) is 6.00. The summed E-state index contributed by atoms with van der Waals surface area (Å²) in [5.41, 5.74) is 5.76. The molecule has 1 saturated heterocycles. The summed E-state index contributed by atoms with van der Waals surface area (Å²) in [6.45, 7) is 4.66. The molecule has 1 heterocycles. The van der Waals surface area contributed by atoms with Crippen molar-refractivity contribution in [2.45, 2.75) is 129 Å². The fourth-order valence-corrected chi connectivity index (χ4v) is 3.98. The fraction of sp³-hybridized carbons (Fsp3) is 0.913. The summed E-state index contributed by atoms with van der Waals surface area (Å²) in [7, 11) is 0. The van der Waals surface area contributed by atoms with Gasteiger partial charge in [0.15, 0.2) is 0 Å². The number of hydrogen-bond acceptors (Lipinski definition) is 3. The first-order chi connectivity index (χ1) is 13.1. The first-order valence-corrected chi connectivity index (χ1v) is 11.6. The van der Waals surface area contributed by atoms with Crippen LogP contribution in [0.2, 0.25) is 0 Å². The summed E-state index contributed by atoms with van der Waals surface area (Å²) in [5, 5.41) is 0. The fourth-order valence-electron chi connectivity index (χ4n) is 3.98. The average molecular weight is 381 g/mol. The molecule has 2 atom stereocenters. The monoisotopic (exact) mass is 380 g/mol. The van der Waals surface area contributed by atoms with Gasteiger partial charge in [0.1, 0.15) is 5.78 Å². The highest BCUT2D eigenvalue weighted by molar-refractivity contribution is 5.83. The van der Waals surface area contributed by atoms with Gasteiger partial charge in [-0.2, -0.15) is 0 Å². The Morgan fingerprint density at radius 3 is 2.04 bits per heavy atom. The van der Waals surface area contributed by atoms with Gasteiger partial charge in [-0.1, -0.05) is 77.6 Å². The lowest BCUT2D eigenvalue weighted by atomic mass is 9.94. The Balaban J connectivity index is 1.94. The van der Waals surface area contributed by atoms with Gasteiger partial charge in [-0.3, -0.25) is 9.59 Å². The number of ketones is 1. The Labute approximate surface area is 167 Å². The van der Waals surface area contributed by atoms with Crippen LogP contribution in [0.15, 0.2) is 0 Å². The second kappa shape index (κ2) is 15.1. The summed E-state index contributed by atoms with van der Waals surface area (Å²) < 4.78 is 0.